The average molecular weight is 682 g/mol. The van der Waals surface area contributed by atoms with Crippen molar-refractivity contribution in [3.05, 3.63) is 127 Å². The fraction of sp³-hybridized carbons (Fsp3) is 0.147. The average Bonchev–Trinajstić information content (AvgIpc) is 3.76. The van der Waals surface area contributed by atoms with Crippen molar-refractivity contribution in [1.29, 1.82) is 0 Å². The van der Waals surface area contributed by atoms with Crippen LogP contribution < -0.4 is 35.4 Å². The lowest BCUT2D eigenvalue weighted by Crippen LogP contribution is -2.24. The van der Waals surface area contributed by atoms with Gasteiger partial charge in [-0.25, -0.2) is 9.97 Å². The molecule has 0 fully saturated rings. The van der Waals surface area contributed by atoms with E-state index in [0.29, 0.717) is 67.5 Å². The molecule has 0 saturated carbocycles. The Morgan fingerprint density at radius 2 is 1.56 bits per heavy atom. The monoisotopic (exact) mass is 681 g/mol. The third-order valence-corrected chi connectivity index (χ3v) is 9.12. The molecule has 3 aromatic heterocycles. The van der Waals surface area contributed by atoms with Gasteiger partial charge in [-0.05, 0) is 53.6 Å². The van der Waals surface area contributed by atoms with Crippen molar-refractivity contribution in [3.63, 3.8) is 0 Å². The van der Waals surface area contributed by atoms with Crippen LogP contribution in [0.2, 0.25) is 5.02 Å². The van der Waals surface area contributed by atoms with E-state index in [4.69, 9.17) is 35.5 Å². The fourth-order valence-corrected chi connectivity index (χ4v) is 6.51. The lowest BCUT2D eigenvalue weighted by Gasteiger charge is -2.14. The summed E-state index contributed by atoms with van der Waals surface area (Å²) in [6.07, 6.45) is 1.52. The number of aromatic nitrogens is 4. The topological polar surface area (TPSA) is 135 Å². The minimum atomic E-state index is -0.271. The number of ether oxygens (including phenoxy) is 4. The highest BCUT2D eigenvalue weighted by Gasteiger charge is 2.20. The van der Waals surface area contributed by atoms with Crippen LogP contribution in [0.15, 0.2) is 93.7 Å². The van der Waals surface area contributed by atoms with Gasteiger partial charge in [-0.3, -0.25) is 23.4 Å². The van der Waals surface area contributed by atoms with E-state index in [9.17, 15) is 14.4 Å². The van der Waals surface area contributed by atoms with Crippen molar-refractivity contribution in [2.75, 3.05) is 13.6 Å². The molecule has 0 atom stereocenters. The molecule has 2 aliphatic heterocycles. The van der Waals surface area contributed by atoms with Crippen LogP contribution in [0.5, 0.6) is 23.0 Å². The molecule has 0 radical (unpaired) electrons. The lowest BCUT2D eigenvalue weighted by atomic mass is 10.1. The number of thioether (sulfide) groups is 1. The van der Waals surface area contributed by atoms with Crippen LogP contribution in [0.25, 0.3) is 16.6 Å². The Morgan fingerprint density at radius 3 is 2.38 bits per heavy atom. The summed E-state index contributed by atoms with van der Waals surface area (Å²) < 4.78 is 24.7. The Kier molecular flexibility index (Phi) is 7.61. The molecule has 12 nitrogen and oxygen atoms in total. The van der Waals surface area contributed by atoms with E-state index in [2.05, 4.69) is 10.3 Å². The standard InChI is InChI=1S/C34H24ClN5O7S/c35-22-6-8-30-37-23(10-31(41)39(30)15-22)16-48-34-38-25-12-29-28(46-18-47-29)11-24(25)33(43)40(34)14-19-1-4-21(5-2-19)32(42)36-13-20-3-7-26-27(9-20)45-17-44-26/h1-12,15H,13-14,16-18H2,(H,36,42). The molecule has 0 bridgehead atoms. The van der Waals surface area contributed by atoms with Gasteiger partial charge in [-0.1, -0.05) is 41.6 Å². The van der Waals surface area contributed by atoms with Crippen molar-refractivity contribution in [3.8, 4) is 23.0 Å². The van der Waals surface area contributed by atoms with Crippen LogP contribution >= 0.6 is 23.4 Å². The van der Waals surface area contributed by atoms with Crippen molar-refractivity contribution in [1.82, 2.24) is 24.3 Å². The maximum atomic E-state index is 13.9. The Bertz CT molecular complexity index is 2380. The molecule has 1 amide bonds. The minimum Gasteiger partial charge on any atom is -0.454 e. The van der Waals surface area contributed by atoms with Crippen LogP contribution in [0, 0.1) is 0 Å². The van der Waals surface area contributed by atoms with E-state index in [0.717, 1.165) is 11.1 Å². The zero-order valence-corrected chi connectivity index (χ0v) is 26.5. The van der Waals surface area contributed by atoms with Crippen LogP contribution in [-0.2, 0) is 18.8 Å². The number of hydrogen-bond donors (Lipinski definition) is 1. The highest BCUT2D eigenvalue weighted by Crippen LogP contribution is 2.35. The van der Waals surface area contributed by atoms with Crippen molar-refractivity contribution < 1.29 is 23.7 Å². The first kappa shape index (κ1) is 29.8. The van der Waals surface area contributed by atoms with Crippen LogP contribution in [0.3, 0.4) is 0 Å². The Morgan fingerprint density at radius 1 is 0.833 bits per heavy atom. The summed E-state index contributed by atoms with van der Waals surface area (Å²) in [6.45, 7) is 0.751. The van der Waals surface area contributed by atoms with E-state index in [1.165, 1.54) is 28.4 Å². The minimum absolute atomic E-state index is 0.0620. The van der Waals surface area contributed by atoms with Gasteiger partial charge in [0.1, 0.15) is 5.65 Å². The summed E-state index contributed by atoms with van der Waals surface area (Å²) in [7, 11) is 0. The number of nitrogens with zero attached hydrogens (tertiary/aromatic N) is 4. The maximum absolute atomic E-state index is 13.9. The number of hydrogen-bond acceptors (Lipinski definition) is 10. The van der Waals surface area contributed by atoms with Crippen LogP contribution in [-0.4, -0.2) is 38.4 Å². The molecule has 5 heterocycles. The smallest absolute Gasteiger partial charge is 0.262 e. The number of carbonyl (C=O) groups is 1. The largest absolute Gasteiger partial charge is 0.454 e. The highest BCUT2D eigenvalue weighted by atomic mass is 35.5. The summed E-state index contributed by atoms with van der Waals surface area (Å²) in [5, 5.41) is 4.15. The van der Waals surface area contributed by atoms with E-state index < -0.39 is 0 Å². The molecule has 0 unspecified atom stereocenters. The molecule has 48 heavy (non-hydrogen) atoms. The quantitative estimate of drug-likeness (QED) is 0.177. The predicted octanol–water partition coefficient (Wildman–Crippen LogP) is 4.79. The molecule has 240 valence electrons. The van der Waals surface area contributed by atoms with E-state index in [1.807, 2.05) is 18.2 Å². The van der Waals surface area contributed by atoms with Gasteiger partial charge in [0.15, 0.2) is 28.2 Å². The number of nitrogens with one attached hydrogen (secondary N) is 1. The van der Waals surface area contributed by atoms with Gasteiger partial charge in [0.05, 0.1) is 28.2 Å². The fourth-order valence-electron chi connectivity index (χ4n) is 5.46. The number of benzene rings is 3. The summed E-state index contributed by atoms with van der Waals surface area (Å²) in [6, 6.07) is 20.7. The zero-order chi connectivity index (χ0) is 32.8. The van der Waals surface area contributed by atoms with Crippen molar-refractivity contribution in [2.24, 2.45) is 0 Å². The molecule has 1 N–H and O–H groups in total. The van der Waals surface area contributed by atoms with Gasteiger partial charge in [0.25, 0.3) is 17.0 Å². The highest BCUT2D eigenvalue weighted by molar-refractivity contribution is 7.98. The predicted molar refractivity (Wildman–Crippen MR) is 177 cm³/mol. The van der Waals surface area contributed by atoms with Gasteiger partial charge < -0.3 is 24.3 Å². The Labute approximate surface area is 280 Å². The second-order valence-corrected chi connectivity index (χ2v) is 12.4. The van der Waals surface area contributed by atoms with Crippen LogP contribution in [0.1, 0.15) is 27.2 Å². The first-order chi connectivity index (χ1) is 23.4. The Balaban J connectivity index is 1.05. The molecular formula is C34H24ClN5O7S. The normalized spacial score (nSPS) is 12.9. The van der Waals surface area contributed by atoms with Gasteiger partial charge in [0, 0.05) is 36.2 Å². The van der Waals surface area contributed by atoms with Gasteiger partial charge in [0.2, 0.25) is 13.6 Å². The van der Waals surface area contributed by atoms with E-state index in [-0.39, 0.29) is 42.9 Å². The molecule has 6 aromatic rings. The summed E-state index contributed by atoms with van der Waals surface area (Å²) in [5.74, 6) is 2.36. The first-order valence-electron chi connectivity index (χ1n) is 14.8. The summed E-state index contributed by atoms with van der Waals surface area (Å²) in [5.41, 5.74) is 3.04. The van der Waals surface area contributed by atoms with Crippen molar-refractivity contribution in [2.45, 2.75) is 24.0 Å². The summed E-state index contributed by atoms with van der Waals surface area (Å²) in [4.78, 5) is 49.0. The SMILES string of the molecule is O=C(NCc1ccc2c(c1)OCO2)c1ccc(Cn2c(SCc3cc(=O)n4cc(Cl)ccc4n3)nc3cc4c(cc3c2=O)OCO4)cc1. The van der Waals surface area contributed by atoms with E-state index >= 15 is 0 Å². The molecule has 0 saturated heterocycles. The van der Waals surface area contributed by atoms with Gasteiger partial charge in [-0.2, -0.15) is 0 Å². The number of fused-ring (bicyclic) bond motifs is 4. The molecule has 0 spiro atoms. The summed E-state index contributed by atoms with van der Waals surface area (Å²) >= 11 is 7.34. The number of carbonyl (C=O) groups excluding carboxylic acids is 1. The lowest BCUT2D eigenvalue weighted by molar-refractivity contribution is 0.0950. The number of amides is 1. The molecule has 3 aromatic carbocycles. The second kappa shape index (κ2) is 12.2. The molecule has 14 heteroatoms. The second-order valence-electron chi connectivity index (χ2n) is 11.0. The van der Waals surface area contributed by atoms with Gasteiger partial charge in [-0.15, -0.1) is 0 Å². The third-order valence-electron chi connectivity index (χ3n) is 7.89. The molecule has 8 rings (SSSR count). The van der Waals surface area contributed by atoms with E-state index in [1.54, 1.807) is 53.1 Å². The molecule has 0 aliphatic carbocycles. The zero-order valence-electron chi connectivity index (χ0n) is 25.0. The number of halogens is 1. The molecule has 2 aliphatic rings. The number of rotatable bonds is 8. The first-order valence-corrected chi connectivity index (χ1v) is 16.1. The van der Waals surface area contributed by atoms with Crippen LogP contribution in [0.4, 0.5) is 0 Å². The number of pyridine rings is 1. The van der Waals surface area contributed by atoms with Gasteiger partial charge >= 0.3 is 0 Å². The molecular weight excluding hydrogens is 658 g/mol. The maximum Gasteiger partial charge on any atom is 0.262 e. The third kappa shape index (κ3) is 5.78. The Hall–Kier alpha value is -5.53. The van der Waals surface area contributed by atoms with Crippen molar-refractivity contribution >= 4 is 45.8 Å².